The van der Waals surface area contributed by atoms with Crippen LogP contribution in [0.25, 0.3) is 0 Å². The number of aryl methyl sites for hydroxylation is 3. The fourth-order valence-electron chi connectivity index (χ4n) is 2.79. The van der Waals surface area contributed by atoms with Crippen molar-refractivity contribution in [2.24, 2.45) is 0 Å². The lowest BCUT2D eigenvalue weighted by Crippen LogP contribution is -2.25. The molecule has 0 aliphatic carbocycles. The molecule has 1 fully saturated rings. The summed E-state index contributed by atoms with van der Waals surface area (Å²) in [7, 11) is 0. The van der Waals surface area contributed by atoms with Crippen LogP contribution >= 0.6 is 0 Å². The summed E-state index contributed by atoms with van der Waals surface area (Å²) in [4.78, 5) is 18.5. The van der Waals surface area contributed by atoms with Gasteiger partial charge in [0, 0.05) is 25.1 Å². The number of hydrogen-bond donors (Lipinski definition) is 0. The molecular formula is C16H19N3O2. The Morgan fingerprint density at radius 2 is 2.19 bits per heavy atom. The second kappa shape index (κ2) is 5.31. The van der Waals surface area contributed by atoms with Gasteiger partial charge in [-0.2, -0.15) is 4.98 Å². The van der Waals surface area contributed by atoms with E-state index in [-0.39, 0.29) is 11.8 Å². The Hall–Kier alpha value is -2.17. The molecule has 0 N–H and O–H groups in total. The number of amides is 1. The van der Waals surface area contributed by atoms with Gasteiger partial charge >= 0.3 is 0 Å². The summed E-state index contributed by atoms with van der Waals surface area (Å²) in [5, 5.41) is 3.92. The average Bonchev–Trinajstić information content (AvgIpc) is 3.05. The van der Waals surface area contributed by atoms with Crippen molar-refractivity contribution in [3.05, 3.63) is 41.0 Å². The Morgan fingerprint density at radius 3 is 2.86 bits per heavy atom. The van der Waals surface area contributed by atoms with Gasteiger partial charge in [-0.05, 0) is 25.5 Å². The second-order valence-electron chi connectivity index (χ2n) is 5.60. The van der Waals surface area contributed by atoms with E-state index in [1.807, 2.05) is 30.9 Å². The molecule has 5 heteroatoms. The largest absolute Gasteiger partial charge is 0.339 e. The van der Waals surface area contributed by atoms with Crippen LogP contribution in [0.15, 0.2) is 22.7 Å². The standard InChI is InChI=1S/C16H19N3O2/c1-4-14-17-16(21-18-14)12-8-15(20)19(9-12)13-6-5-10(2)7-11(13)3/h5-7,12H,4,8-9H2,1-3H3. The van der Waals surface area contributed by atoms with Crippen LogP contribution in [-0.4, -0.2) is 22.6 Å². The lowest BCUT2D eigenvalue weighted by molar-refractivity contribution is -0.117. The highest BCUT2D eigenvalue weighted by atomic mass is 16.5. The highest BCUT2D eigenvalue weighted by Gasteiger charge is 2.35. The Kier molecular flexibility index (Phi) is 3.49. The van der Waals surface area contributed by atoms with Gasteiger partial charge in [0.2, 0.25) is 11.8 Å². The molecule has 21 heavy (non-hydrogen) atoms. The summed E-state index contributed by atoms with van der Waals surface area (Å²) in [6.45, 7) is 6.67. The summed E-state index contributed by atoms with van der Waals surface area (Å²) in [5.74, 6) is 1.38. The average molecular weight is 285 g/mol. The van der Waals surface area contributed by atoms with Crippen LogP contribution in [0.5, 0.6) is 0 Å². The van der Waals surface area contributed by atoms with Gasteiger partial charge in [0.25, 0.3) is 0 Å². The molecule has 1 aromatic heterocycles. The fraction of sp³-hybridized carbons (Fsp3) is 0.438. The number of carbonyl (C=O) groups is 1. The molecule has 1 aromatic carbocycles. The Labute approximate surface area is 124 Å². The molecule has 1 saturated heterocycles. The molecule has 1 aliphatic heterocycles. The van der Waals surface area contributed by atoms with Gasteiger partial charge in [-0.25, -0.2) is 0 Å². The van der Waals surface area contributed by atoms with Crippen molar-refractivity contribution >= 4 is 11.6 Å². The molecule has 0 spiro atoms. The summed E-state index contributed by atoms with van der Waals surface area (Å²) in [6.07, 6.45) is 1.17. The summed E-state index contributed by atoms with van der Waals surface area (Å²) in [6, 6.07) is 6.14. The summed E-state index contributed by atoms with van der Waals surface area (Å²) >= 11 is 0. The molecule has 0 radical (unpaired) electrons. The number of anilines is 1. The number of rotatable bonds is 3. The third-order valence-corrected chi connectivity index (χ3v) is 3.92. The topological polar surface area (TPSA) is 59.2 Å². The molecule has 1 atom stereocenters. The first-order valence-electron chi connectivity index (χ1n) is 7.28. The highest BCUT2D eigenvalue weighted by molar-refractivity contribution is 5.97. The van der Waals surface area contributed by atoms with Crippen molar-refractivity contribution in [3.8, 4) is 0 Å². The van der Waals surface area contributed by atoms with Crippen molar-refractivity contribution in [1.29, 1.82) is 0 Å². The molecule has 0 saturated carbocycles. The van der Waals surface area contributed by atoms with E-state index in [1.165, 1.54) is 5.56 Å². The molecule has 1 amide bonds. The first-order valence-corrected chi connectivity index (χ1v) is 7.28. The van der Waals surface area contributed by atoms with E-state index < -0.39 is 0 Å². The first-order chi connectivity index (χ1) is 10.1. The predicted octanol–water partition coefficient (Wildman–Crippen LogP) is 2.77. The van der Waals surface area contributed by atoms with E-state index in [0.717, 1.165) is 17.7 Å². The van der Waals surface area contributed by atoms with Crippen molar-refractivity contribution in [1.82, 2.24) is 10.1 Å². The monoisotopic (exact) mass is 285 g/mol. The van der Waals surface area contributed by atoms with Crippen LogP contribution in [0.3, 0.4) is 0 Å². The highest BCUT2D eigenvalue weighted by Crippen LogP contribution is 2.32. The molecule has 5 nitrogen and oxygen atoms in total. The number of aromatic nitrogens is 2. The molecule has 110 valence electrons. The van der Waals surface area contributed by atoms with Gasteiger partial charge in [-0.15, -0.1) is 0 Å². The Bertz CT molecular complexity index is 678. The van der Waals surface area contributed by atoms with E-state index in [2.05, 4.69) is 23.1 Å². The fourth-order valence-corrected chi connectivity index (χ4v) is 2.79. The first kappa shape index (κ1) is 13.8. The zero-order chi connectivity index (χ0) is 15.0. The predicted molar refractivity (Wildman–Crippen MR) is 79.3 cm³/mol. The third-order valence-electron chi connectivity index (χ3n) is 3.92. The molecule has 2 aromatic rings. The lowest BCUT2D eigenvalue weighted by atomic mass is 10.1. The van der Waals surface area contributed by atoms with Gasteiger partial charge in [-0.3, -0.25) is 4.79 Å². The van der Waals surface area contributed by atoms with Crippen molar-refractivity contribution in [2.45, 2.75) is 39.5 Å². The summed E-state index contributed by atoms with van der Waals surface area (Å²) < 4.78 is 5.28. The number of carbonyl (C=O) groups excluding carboxylic acids is 1. The zero-order valence-corrected chi connectivity index (χ0v) is 12.6. The van der Waals surface area contributed by atoms with E-state index in [9.17, 15) is 4.79 Å². The smallest absolute Gasteiger partial charge is 0.232 e. The van der Waals surface area contributed by atoms with Crippen LogP contribution in [0.2, 0.25) is 0 Å². The van der Waals surface area contributed by atoms with E-state index in [0.29, 0.717) is 24.7 Å². The van der Waals surface area contributed by atoms with Gasteiger partial charge in [0.15, 0.2) is 5.82 Å². The molecular weight excluding hydrogens is 266 g/mol. The molecule has 0 bridgehead atoms. The van der Waals surface area contributed by atoms with Gasteiger partial charge < -0.3 is 9.42 Å². The van der Waals surface area contributed by atoms with Crippen LogP contribution in [-0.2, 0) is 11.2 Å². The van der Waals surface area contributed by atoms with Gasteiger partial charge in [0.1, 0.15) is 0 Å². The van der Waals surface area contributed by atoms with Crippen molar-refractivity contribution < 1.29 is 9.32 Å². The second-order valence-corrected chi connectivity index (χ2v) is 5.60. The normalized spacial score (nSPS) is 18.5. The maximum atomic E-state index is 12.3. The zero-order valence-electron chi connectivity index (χ0n) is 12.6. The quantitative estimate of drug-likeness (QED) is 0.870. The van der Waals surface area contributed by atoms with Gasteiger partial charge in [0.05, 0.1) is 5.92 Å². The van der Waals surface area contributed by atoms with Crippen LogP contribution in [0.1, 0.15) is 42.1 Å². The van der Waals surface area contributed by atoms with E-state index in [4.69, 9.17) is 4.52 Å². The van der Waals surface area contributed by atoms with Crippen LogP contribution in [0.4, 0.5) is 5.69 Å². The molecule has 1 unspecified atom stereocenters. The minimum atomic E-state index is -0.00833. The van der Waals surface area contributed by atoms with Crippen LogP contribution < -0.4 is 4.90 Å². The maximum absolute atomic E-state index is 12.3. The van der Waals surface area contributed by atoms with E-state index in [1.54, 1.807) is 0 Å². The van der Waals surface area contributed by atoms with Gasteiger partial charge in [-0.1, -0.05) is 29.8 Å². The Morgan fingerprint density at radius 1 is 1.38 bits per heavy atom. The van der Waals surface area contributed by atoms with Crippen molar-refractivity contribution in [3.63, 3.8) is 0 Å². The number of nitrogens with zero attached hydrogens (tertiary/aromatic N) is 3. The molecule has 1 aliphatic rings. The SMILES string of the molecule is CCc1noc(C2CC(=O)N(c3ccc(C)cc3C)C2)n1. The van der Waals surface area contributed by atoms with E-state index >= 15 is 0 Å². The molecule has 2 heterocycles. The maximum Gasteiger partial charge on any atom is 0.232 e. The van der Waals surface area contributed by atoms with Crippen molar-refractivity contribution in [2.75, 3.05) is 11.4 Å². The molecule has 3 rings (SSSR count). The third kappa shape index (κ3) is 2.55. The number of hydrogen-bond acceptors (Lipinski definition) is 4. The van der Waals surface area contributed by atoms with Crippen LogP contribution in [0, 0.1) is 13.8 Å². The minimum absolute atomic E-state index is 0.00833. The lowest BCUT2D eigenvalue weighted by Gasteiger charge is -2.19. The minimum Gasteiger partial charge on any atom is -0.339 e. The number of benzene rings is 1. The summed E-state index contributed by atoms with van der Waals surface area (Å²) in [5.41, 5.74) is 3.29. The Balaban J connectivity index is 1.84.